The smallest absolute Gasteiger partial charge is 0.181 e. The van der Waals surface area contributed by atoms with Crippen molar-refractivity contribution in [3.05, 3.63) is 11.1 Å². The minimum Gasteiger partial charge on any atom is -0.382 e. The van der Waals surface area contributed by atoms with Crippen LogP contribution >= 0.6 is 15.9 Å². The number of aromatic nitrogens is 4. The lowest BCUT2D eigenvalue weighted by Crippen LogP contribution is -2.35. The molecule has 5 atom stereocenters. The molecule has 3 aliphatic heterocycles. The summed E-state index contributed by atoms with van der Waals surface area (Å²) < 4.78 is 32.7. The largest absolute Gasteiger partial charge is 0.382 e. The number of rotatable bonds is 4. The highest BCUT2D eigenvalue weighted by molar-refractivity contribution is 9.10. The Hall–Kier alpha value is -1.37. The van der Waals surface area contributed by atoms with Crippen molar-refractivity contribution in [2.45, 2.75) is 69.7 Å². The Labute approximate surface area is 176 Å². The van der Waals surface area contributed by atoms with Crippen molar-refractivity contribution in [2.75, 3.05) is 18.9 Å². The van der Waals surface area contributed by atoms with Crippen LogP contribution in [0.4, 0.5) is 5.82 Å². The molecule has 5 heterocycles. The number of nitrogen functional groups attached to an aromatic ring is 1. The van der Waals surface area contributed by atoms with E-state index in [0.29, 0.717) is 28.3 Å². The summed E-state index contributed by atoms with van der Waals surface area (Å²) in [6.07, 6.45) is 2.81. The maximum absolute atomic E-state index is 6.35. The van der Waals surface area contributed by atoms with Crippen LogP contribution < -0.4 is 5.73 Å². The highest BCUT2D eigenvalue weighted by Gasteiger charge is 2.56. The number of hydrogen-bond acceptors (Lipinski definition) is 9. The second-order valence-electron chi connectivity index (χ2n) is 7.94. The maximum atomic E-state index is 6.35. The van der Waals surface area contributed by atoms with Gasteiger partial charge in [-0.15, -0.1) is 0 Å². The Morgan fingerprint density at radius 3 is 2.90 bits per heavy atom. The highest BCUT2D eigenvalue weighted by Crippen LogP contribution is 2.45. The SMILES string of the molecule is CC1(C)OC2C(COC3CCCCO3)OC(n3c(Br)nc4c(N)ncnc43)C2O1. The molecular weight excluding hydrogens is 446 g/mol. The van der Waals surface area contributed by atoms with Gasteiger partial charge in [-0.1, -0.05) is 0 Å². The van der Waals surface area contributed by atoms with Crippen molar-refractivity contribution in [3.8, 4) is 0 Å². The van der Waals surface area contributed by atoms with Crippen molar-refractivity contribution >= 4 is 32.9 Å². The van der Waals surface area contributed by atoms with Crippen molar-refractivity contribution in [3.63, 3.8) is 0 Å². The minimum atomic E-state index is -0.728. The van der Waals surface area contributed by atoms with E-state index in [2.05, 4.69) is 30.9 Å². The molecule has 0 saturated carbocycles. The van der Waals surface area contributed by atoms with Crippen LogP contribution in [-0.4, -0.2) is 63.1 Å². The Bertz CT molecular complexity index is 902. The molecule has 2 N–H and O–H groups in total. The third-order valence-electron chi connectivity index (χ3n) is 5.43. The number of imidazole rings is 1. The van der Waals surface area contributed by atoms with E-state index in [1.54, 1.807) is 0 Å². The number of ether oxygens (including phenoxy) is 5. The topological polar surface area (TPSA) is 116 Å². The lowest BCUT2D eigenvalue weighted by Gasteiger charge is -2.27. The first-order valence-corrected chi connectivity index (χ1v) is 10.6. The van der Waals surface area contributed by atoms with Crippen LogP contribution in [-0.2, 0) is 23.7 Å². The van der Waals surface area contributed by atoms with Gasteiger partial charge in [0.1, 0.15) is 24.6 Å². The van der Waals surface area contributed by atoms with Gasteiger partial charge in [0.25, 0.3) is 0 Å². The molecule has 5 rings (SSSR count). The van der Waals surface area contributed by atoms with E-state index in [1.165, 1.54) is 6.33 Å². The lowest BCUT2D eigenvalue weighted by atomic mass is 10.1. The highest BCUT2D eigenvalue weighted by atomic mass is 79.9. The fourth-order valence-corrected chi connectivity index (χ4v) is 4.72. The first-order valence-electron chi connectivity index (χ1n) is 9.81. The molecule has 3 saturated heterocycles. The van der Waals surface area contributed by atoms with E-state index >= 15 is 0 Å². The van der Waals surface area contributed by atoms with E-state index in [4.69, 9.17) is 29.4 Å². The molecule has 11 heteroatoms. The Morgan fingerprint density at radius 1 is 1.28 bits per heavy atom. The number of nitrogens with zero attached hydrogens (tertiary/aromatic N) is 4. The number of halogens is 1. The van der Waals surface area contributed by atoms with Crippen LogP contribution in [0.25, 0.3) is 11.2 Å². The summed E-state index contributed by atoms with van der Waals surface area (Å²) in [6, 6.07) is 0. The van der Waals surface area contributed by atoms with Gasteiger partial charge in [-0.05, 0) is 49.0 Å². The first kappa shape index (κ1) is 19.6. The average Bonchev–Trinajstić information content (AvgIpc) is 3.30. The Balaban J connectivity index is 1.43. The summed E-state index contributed by atoms with van der Waals surface area (Å²) in [5, 5.41) is 0. The maximum Gasteiger partial charge on any atom is 0.181 e. The monoisotopic (exact) mass is 469 g/mol. The summed E-state index contributed by atoms with van der Waals surface area (Å²) in [4.78, 5) is 12.8. The number of nitrogens with two attached hydrogens (primary N) is 1. The van der Waals surface area contributed by atoms with Crippen molar-refractivity contribution < 1.29 is 23.7 Å². The van der Waals surface area contributed by atoms with Gasteiger partial charge >= 0.3 is 0 Å². The third kappa shape index (κ3) is 3.53. The molecule has 2 aromatic rings. The zero-order chi connectivity index (χ0) is 20.2. The average molecular weight is 470 g/mol. The van der Waals surface area contributed by atoms with Crippen LogP contribution in [0.3, 0.4) is 0 Å². The predicted octanol–water partition coefficient (Wildman–Crippen LogP) is 2.13. The molecule has 2 aromatic heterocycles. The van der Waals surface area contributed by atoms with Gasteiger partial charge in [-0.2, -0.15) is 0 Å². The minimum absolute atomic E-state index is 0.200. The molecule has 29 heavy (non-hydrogen) atoms. The normalized spacial score (nSPS) is 34.0. The molecule has 5 unspecified atom stereocenters. The molecule has 3 fully saturated rings. The summed E-state index contributed by atoms with van der Waals surface area (Å²) in [5.74, 6) is -0.421. The molecule has 0 aromatic carbocycles. The van der Waals surface area contributed by atoms with Crippen LogP contribution in [0.15, 0.2) is 11.1 Å². The second-order valence-corrected chi connectivity index (χ2v) is 8.65. The van der Waals surface area contributed by atoms with Crippen LogP contribution in [0, 0.1) is 0 Å². The van der Waals surface area contributed by atoms with Gasteiger partial charge < -0.3 is 29.4 Å². The third-order valence-corrected chi connectivity index (χ3v) is 5.99. The number of anilines is 1. The molecule has 0 bridgehead atoms. The molecule has 0 spiro atoms. The summed E-state index contributed by atoms with van der Waals surface area (Å²) in [7, 11) is 0. The van der Waals surface area contributed by atoms with Gasteiger partial charge in [-0.25, -0.2) is 15.0 Å². The van der Waals surface area contributed by atoms with E-state index in [9.17, 15) is 0 Å². The summed E-state index contributed by atoms with van der Waals surface area (Å²) in [5.41, 5.74) is 7.04. The number of hydrogen-bond donors (Lipinski definition) is 1. The lowest BCUT2D eigenvalue weighted by molar-refractivity contribution is -0.219. The molecule has 158 valence electrons. The molecule has 0 amide bonds. The molecule has 10 nitrogen and oxygen atoms in total. The van der Waals surface area contributed by atoms with E-state index in [0.717, 1.165) is 25.9 Å². The van der Waals surface area contributed by atoms with Gasteiger partial charge in [0.05, 0.1) is 6.61 Å². The molecule has 0 aliphatic carbocycles. The molecule has 3 aliphatic rings. The summed E-state index contributed by atoms with van der Waals surface area (Å²) in [6.45, 7) is 4.87. The fourth-order valence-electron chi connectivity index (χ4n) is 4.17. The van der Waals surface area contributed by atoms with Gasteiger partial charge in [0.15, 0.2) is 40.0 Å². The van der Waals surface area contributed by atoms with Crippen LogP contribution in [0.2, 0.25) is 0 Å². The summed E-state index contributed by atoms with van der Waals surface area (Å²) >= 11 is 3.50. The van der Waals surface area contributed by atoms with Crippen LogP contribution in [0.5, 0.6) is 0 Å². The number of fused-ring (bicyclic) bond motifs is 2. The van der Waals surface area contributed by atoms with Gasteiger partial charge in [0, 0.05) is 6.61 Å². The quantitative estimate of drug-likeness (QED) is 0.671. The van der Waals surface area contributed by atoms with Crippen molar-refractivity contribution in [1.82, 2.24) is 19.5 Å². The van der Waals surface area contributed by atoms with E-state index in [-0.39, 0.29) is 24.6 Å². The Morgan fingerprint density at radius 2 is 2.10 bits per heavy atom. The Kier molecular flexibility index (Phi) is 5.00. The molecule has 0 radical (unpaired) electrons. The van der Waals surface area contributed by atoms with Crippen LogP contribution in [0.1, 0.15) is 39.3 Å². The van der Waals surface area contributed by atoms with E-state index < -0.39 is 12.0 Å². The zero-order valence-corrected chi connectivity index (χ0v) is 17.9. The zero-order valence-electron chi connectivity index (χ0n) is 16.3. The standard InChI is InChI=1S/C18H24BrN5O5/c1-18(2)28-12-9(7-26-10-5-3-4-6-25-10)27-16(13(12)29-18)24-15-11(23-17(24)19)14(20)21-8-22-15/h8-10,12-13,16H,3-7H2,1-2H3,(H2,20,21,22). The van der Waals surface area contributed by atoms with Gasteiger partial charge in [-0.3, -0.25) is 4.57 Å². The molecular formula is C18H24BrN5O5. The van der Waals surface area contributed by atoms with E-state index in [1.807, 2.05) is 18.4 Å². The predicted molar refractivity (Wildman–Crippen MR) is 105 cm³/mol. The van der Waals surface area contributed by atoms with Gasteiger partial charge in [0.2, 0.25) is 0 Å². The second kappa shape index (κ2) is 7.40. The van der Waals surface area contributed by atoms with Crippen molar-refractivity contribution in [1.29, 1.82) is 0 Å². The first-order chi connectivity index (χ1) is 13.9. The fraction of sp³-hybridized carbons (Fsp3) is 0.722. The van der Waals surface area contributed by atoms with Crippen molar-refractivity contribution in [2.24, 2.45) is 0 Å².